The van der Waals surface area contributed by atoms with E-state index < -0.39 is 20.8 Å². The van der Waals surface area contributed by atoms with Crippen LogP contribution in [-0.4, -0.2) is 25.9 Å². The third kappa shape index (κ3) is 6.83. The van der Waals surface area contributed by atoms with Crippen LogP contribution in [0.5, 0.6) is 11.5 Å². The quantitative estimate of drug-likeness (QED) is 0.234. The number of nitrogens with two attached hydrogens (primary N) is 1. The molecule has 11 heteroatoms. The standard InChI is InChI=1S/C14H11N.C6H6O8S2/c15-14-6-5-12-7-10-3-1-2-4-11(10)8-13(12)9-14;7-15(8,9)13-5-1-2-6(4-3-5)14-16(10,11)12/h1-9H,15H2;1-4H,(H,7,8,9)(H,10,11,12). The fourth-order valence-corrected chi connectivity index (χ4v) is 3.46. The molecule has 0 aliphatic rings. The molecule has 0 atom stereocenters. The van der Waals surface area contributed by atoms with Gasteiger partial charge in [0.25, 0.3) is 0 Å². The number of rotatable bonds is 4. The van der Waals surface area contributed by atoms with Crippen LogP contribution >= 0.6 is 0 Å². The molecule has 0 heterocycles. The zero-order chi connectivity index (χ0) is 22.6. The van der Waals surface area contributed by atoms with Gasteiger partial charge in [0.05, 0.1) is 0 Å². The summed E-state index contributed by atoms with van der Waals surface area (Å²) >= 11 is 0. The highest BCUT2D eigenvalue weighted by atomic mass is 32.3. The SMILES string of the molecule is Nc1ccc2cc3ccccc3cc2c1.O=S(=O)(O)Oc1ccc(OS(=O)(=O)O)cc1. The summed E-state index contributed by atoms with van der Waals surface area (Å²) in [4.78, 5) is 0. The Balaban J connectivity index is 0.000000176. The molecule has 0 aliphatic heterocycles. The minimum Gasteiger partial charge on any atom is -0.399 e. The number of hydrogen-bond donors (Lipinski definition) is 3. The minimum atomic E-state index is -4.63. The Morgan fingerprint density at radius 1 is 0.581 bits per heavy atom. The van der Waals surface area contributed by atoms with Gasteiger partial charge in [0.1, 0.15) is 11.5 Å². The van der Waals surface area contributed by atoms with Crippen LogP contribution in [0.3, 0.4) is 0 Å². The van der Waals surface area contributed by atoms with Crippen molar-refractivity contribution >= 4 is 48.0 Å². The van der Waals surface area contributed by atoms with Gasteiger partial charge in [-0.2, -0.15) is 16.8 Å². The van der Waals surface area contributed by atoms with Crippen LogP contribution in [0.1, 0.15) is 0 Å². The highest BCUT2D eigenvalue weighted by Crippen LogP contribution is 2.24. The van der Waals surface area contributed by atoms with E-state index in [4.69, 9.17) is 14.8 Å². The van der Waals surface area contributed by atoms with Crippen molar-refractivity contribution in [2.24, 2.45) is 0 Å². The van der Waals surface area contributed by atoms with Crippen LogP contribution in [0.15, 0.2) is 78.9 Å². The fourth-order valence-electron chi connectivity index (χ4n) is 2.75. The predicted octanol–water partition coefficient (Wildman–Crippen LogP) is 3.63. The summed E-state index contributed by atoms with van der Waals surface area (Å²) in [7, 11) is -9.27. The summed E-state index contributed by atoms with van der Waals surface area (Å²) in [5, 5.41) is 4.97. The molecule has 162 valence electrons. The Bertz CT molecular complexity index is 1380. The van der Waals surface area contributed by atoms with E-state index in [1.165, 1.54) is 21.5 Å². The summed E-state index contributed by atoms with van der Waals surface area (Å²) in [6, 6.07) is 22.9. The first-order valence-electron chi connectivity index (χ1n) is 8.60. The summed E-state index contributed by atoms with van der Waals surface area (Å²) in [6.45, 7) is 0. The lowest BCUT2D eigenvalue weighted by Gasteiger charge is -2.03. The first-order chi connectivity index (χ1) is 14.5. The first kappa shape index (κ1) is 22.3. The van der Waals surface area contributed by atoms with Gasteiger partial charge in [-0.1, -0.05) is 30.3 Å². The summed E-state index contributed by atoms with van der Waals surface area (Å²) in [6.07, 6.45) is 0. The molecule has 4 rings (SSSR count). The normalized spacial score (nSPS) is 11.5. The number of nitrogen functional groups attached to an aromatic ring is 1. The smallest absolute Gasteiger partial charge is 0.399 e. The lowest BCUT2D eigenvalue weighted by Crippen LogP contribution is -2.08. The molecule has 0 unspecified atom stereocenters. The highest BCUT2D eigenvalue weighted by Gasteiger charge is 2.09. The monoisotopic (exact) mass is 463 g/mol. The van der Waals surface area contributed by atoms with Crippen molar-refractivity contribution in [3.05, 3.63) is 78.9 Å². The molecular weight excluding hydrogens is 446 g/mol. The summed E-state index contributed by atoms with van der Waals surface area (Å²) < 4.78 is 65.8. The van der Waals surface area contributed by atoms with Crippen LogP contribution in [0.4, 0.5) is 5.69 Å². The molecule has 31 heavy (non-hydrogen) atoms. The van der Waals surface area contributed by atoms with Crippen molar-refractivity contribution in [3.63, 3.8) is 0 Å². The van der Waals surface area contributed by atoms with Gasteiger partial charge < -0.3 is 14.1 Å². The van der Waals surface area contributed by atoms with E-state index in [-0.39, 0.29) is 11.5 Å². The topological polar surface area (TPSA) is 153 Å². The number of hydrogen-bond acceptors (Lipinski definition) is 7. The average Bonchev–Trinajstić information content (AvgIpc) is 2.66. The summed E-state index contributed by atoms with van der Waals surface area (Å²) in [5.41, 5.74) is 6.59. The molecule has 0 saturated heterocycles. The second-order valence-electron chi connectivity index (χ2n) is 6.30. The van der Waals surface area contributed by atoms with Crippen molar-refractivity contribution in [1.29, 1.82) is 0 Å². The van der Waals surface area contributed by atoms with E-state index in [1.54, 1.807) is 0 Å². The van der Waals surface area contributed by atoms with E-state index in [0.717, 1.165) is 30.0 Å². The van der Waals surface area contributed by atoms with E-state index in [2.05, 4.69) is 50.8 Å². The molecule has 0 aliphatic carbocycles. The zero-order valence-corrected chi connectivity index (χ0v) is 17.4. The van der Waals surface area contributed by atoms with E-state index in [0.29, 0.717) is 0 Å². The van der Waals surface area contributed by atoms with E-state index >= 15 is 0 Å². The largest absolute Gasteiger partial charge is 0.446 e. The lowest BCUT2D eigenvalue weighted by atomic mass is 10.0. The highest BCUT2D eigenvalue weighted by molar-refractivity contribution is 7.81. The van der Waals surface area contributed by atoms with Crippen LogP contribution in [0.2, 0.25) is 0 Å². The van der Waals surface area contributed by atoms with Crippen LogP contribution in [-0.2, 0) is 20.8 Å². The van der Waals surface area contributed by atoms with Gasteiger partial charge in [0, 0.05) is 5.69 Å². The maximum Gasteiger partial charge on any atom is 0.446 e. The van der Waals surface area contributed by atoms with Gasteiger partial charge in [0.15, 0.2) is 0 Å². The first-order valence-corrected chi connectivity index (χ1v) is 11.3. The third-order valence-electron chi connectivity index (χ3n) is 3.96. The Hall–Kier alpha value is -3.38. The average molecular weight is 463 g/mol. The van der Waals surface area contributed by atoms with Crippen LogP contribution in [0, 0.1) is 0 Å². The van der Waals surface area contributed by atoms with Gasteiger partial charge in [-0.3, -0.25) is 9.11 Å². The molecule has 4 aromatic carbocycles. The summed E-state index contributed by atoms with van der Waals surface area (Å²) in [5.74, 6) is -0.490. The molecule has 0 amide bonds. The molecule has 0 radical (unpaired) electrons. The predicted molar refractivity (Wildman–Crippen MR) is 117 cm³/mol. The Labute approximate surface area is 178 Å². The van der Waals surface area contributed by atoms with Gasteiger partial charge in [0.2, 0.25) is 0 Å². The van der Waals surface area contributed by atoms with Crippen molar-refractivity contribution in [3.8, 4) is 11.5 Å². The van der Waals surface area contributed by atoms with Crippen molar-refractivity contribution in [2.75, 3.05) is 5.73 Å². The molecule has 0 saturated carbocycles. The lowest BCUT2D eigenvalue weighted by molar-refractivity contribution is 0.380. The van der Waals surface area contributed by atoms with Crippen LogP contribution < -0.4 is 14.1 Å². The Morgan fingerprint density at radius 3 is 1.45 bits per heavy atom. The second kappa shape index (κ2) is 8.78. The molecule has 4 aromatic rings. The fraction of sp³-hybridized carbons (Fsp3) is 0. The third-order valence-corrected chi connectivity index (χ3v) is 4.76. The van der Waals surface area contributed by atoms with E-state index in [9.17, 15) is 16.8 Å². The number of anilines is 1. The molecule has 0 aromatic heterocycles. The number of benzene rings is 4. The molecular formula is C20H17NO8S2. The molecule has 9 nitrogen and oxygen atoms in total. The molecule has 0 spiro atoms. The molecule has 0 bridgehead atoms. The van der Waals surface area contributed by atoms with Gasteiger partial charge >= 0.3 is 20.8 Å². The number of fused-ring (bicyclic) bond motifs is 2. The minimum absolute atomic E-state index is 0.245. The molecule has 0 fully saturated rings. The Morgan fingerprint density at radius 2 is 1.00 bits per heavy atom. The van der Waals surface area contributed by atoms with Gasteiger partial charge in [-0.25, -0.2) is 0 Å². The van der Waals surface area contributed by atoms with Crippen LogP contribution in [0.25, 0.3) is 21.5 Å². The Kier molecular flexibility index (Phi) is 6.32. The van der Waals surface area contributed by atoms with Crippen molar-refractivity contribution < 1.29 is 34.3 Å². The maximum absolute atomic E-state index is 10.3. The maximum atomic E-state index is 10.3. The zero-order valence-electron chi connectivity index (χ0n) is 15.7. The van der Waals surface area contributed by atoms with E-state index in [1.807, 2.05) is 12.1 Å². The van der Waals surface area contributed by atoms with Crippen molar-refractivity contribution in [1.82, 2.24) is 0 Å². The van der Waals surface area contributed by atoms with Crippen molar-refractivity contribution in [2.45, 2.75) is 0 Å². The van der Waals surface area contributed by atoms with Gasteiger partial charge in [-0.05, 0) is 70.1 Å². The molecule has 4 N–H and O–H groups in total. The van der Waals surface area contributed by atoms with Gasteiger partial charge in [-0.15, -0.1) is 0 Å². The second-order valence-corrected chi connectivity index (χ2v) is 8.34.